The molecule has 0 aliphatic carbocycles. The molecule has 0 fully saturated rings. The van der Waals surface area contributed by atoms with E-state index in [1.54, 1.807) is 39.5 Å². The number of benzene rings is 2. The Kier molecular flexibility index (Phi) is 5.61. The second-order valence-corrected chi connectivity index (χ2v) is 6.06. The Labute approximate surface area is 157 Å². The van der Waals surface area contributed by atoms with E-state index in [-0.39, 0.29) is 5.56 Å². The Balaban J connectivity index is 1.91. The largest absolute Gasteiger partial charge is 0.493 e. The van der Waals surface area contributed by atoms with Crippen molar-refractivity contribution in [1.29, 1.82) is 0 Å². The van der Waals surface area contributed by atoms with E-state index >= 15 is 0 Å². The molecule has 3 aromatic rings. The molecule has 1 aromatic heterocycles. The minimum absolute atomic E-state index is 0.219. The van der Waals surface area contributed by atoms with Gasteiger partial charge in [-0.25, -0.2) is 9.78 Å². The van der Waals surface area contributed by atoms with Gasteiger partial charge in [-0.2, -0.15) is 0 Å². The van der Waals surface area contributed by atoms with E-state index in [9.17, 15) is 9.90 Å². The Morgan fingerprint density at radius 3 is 2.52 bits per heavy atom. The molecular weight excluding hydrogens is 348 g/mol. The third-order valence-corrected chi connectivity index (χ3v) is 4.42. The molecule has 0 aliphatic rings. The van der Waals surface area contributed by atoms with Crippen LogP contribution in [0.25, 0.3) is 11.0 Å². The van der Waals surface area contributed by atoms with Crippen molar-refractivity contribution in [3.63, 3.8) is 0 Å². The predicted octanol–water partition coefficient (Wildman–Crippen LogP) is 3.14. The molecule has 7 nitrogen and oxygen atoms in total. The maximum atomic E-state index is 11.2. The van der Waals surface area contributed by atoms with Crippen molar-refractivity contribution in [2.75, 3.05) is 21.3 Å². The smallest absolute Gasteiger partial charge is 0.335 e. The minimum atomic E-state index is -0.968. The lowest BCUT2D eigenvalue weighted by molar-refractivity contribution is 0.0697. The molecule has 0 saturated carbocycles. The van der Waals surface area contributed by atoms with Crippen LogP contribution in [0, 0.1) is 0 Å². The molecule has 7 heteroatoms. The number of carbonyl (C=O) groups is 1. The van der Waals surface area contributed by atoms with Crippen molar-refractivity contribution >= 4 is 17.0 Å². The van der Waals surface area contributed by atoms with Crippen molar-refractivity contribution in [1.82, 2.24) is 9.55 Å². The van der Waals surface area contributed by atoms with Crippen molar-refractivity contribution < 1.29 is 24.1 Å². The highest BCUT2D eigenvalue weighted by molar-refractivity contribution is 5.92. The number of rotatable bonds is 8. The number of aromatic nitrogens is 2. The van der Waals surface area contributed by atoms with Crippen molar-refractivity contribution in [3.8, 4) is 11.5 Å². The summed E-state index contributed by atoms with van der Waals surface area (Å²) in [6, 6.07) is 10.8. The van der Waals surface area contributed by atoms with Gasteiger partial charge in [-0.15, -0.1) is 0 Å². The maximum Gasteiger partial charge on any atom is 0.335 e. The lowest BCUT2D eigenvalue weighted by Gasteiger charge is -2.12. The van der Waals surface area contributed by atoms with Crippen LogP contribution in [-0.2, 0) is 24.3 Å². The molecule has 1 N–H and O–H groups in total. The first-order chi connectivity index (χ1) is 13.1. The summed E-state index contributed by atoms with van der Waals surface area (Å²) in [5.74, 6) is 1.17. The average molecular weight is 370 g/mol. The molecule has 2 aromatic carbocycles. The van der Waals surface area contributed by atoms with Crippen LogP contribution in [0.3, 0.4) is 0 Å². The zero-order valence-electron chi connectivity index (χ0n) is 15.6. The number of nitrogens with zero attached hydrogens (tertiary/aromatic N) is 2. The van der Waals surface area contributed by atoms with E-state index in [0.717, 1.165) is 23.3 Å². The first kappa shape index (κ1) is 18.7. The first-order valence-electron chi connectivity index (χ1n) is 8.49. The van der Waals surface area contributed by atoms with Crippen LogP contribution in [-0.4, -0.2) is 42.0 Å². The number of hydrogen-bond donors (Lipinski definition) is 1. The Bertz CT molecular complexity index is 964. The standard InChI is InChI=1S/C20H22N2O5/c1-25-12-19-21-15-11-14(20(23)24)5-6-16(15)22(19)9-8-13-4-7-17(26-2)18(10-13)27-3/h4-7,10-11H,8-9,12H2,1-3H3,(H,23,24). The van der Waals surface area contributed by atoms with E-state index in [1.165, 1.54) is 0 Å². The van der Waals surface area contributed by atoms with Crippen LogP contribution in [0.5, 0.6) is 11.5 Å². The number of hydrogen-bond acceptors (Lipinski definition) is 5. The molecular formula is C20H22N2O5. The van der Waals surface area contributed by atoms with E-state index in [0.29, 0.717) is 30.2 Å². The summed E-state index contributed by atoms with van der Waals surface area (Å²) in [6.07, 6.45) is 0.753. The van der Waals surface area contributed by atoms with Gasteiger partial charge in [0.25, 0.3) is 0 Å². The Morgan fingerprint density at radius 2 is 1.85 bits per heavy atom. The molecule has 0 amide bonds. The van der Waals surface area contributed by atoms with Gasteiger partial charge >= 0.3 is 5.97 Å². The number of carboxylic acid groups (broad SMARTS) is 1. The van der Waals surface area contributed by atoms with Gasteiger partial charge in [-0.1, -0.05) is 6.07 Å². The highest BCUT2D eigenvalue weighted by Crippen LogP contribution is 2.28. The van der Waals surface area contributed by atoms with Gasteiger partial charge in [0, 0.05) is 13.7 Å². The monoisotopic (exact) mass is 370 g/mol. The molecule has 142 valence electrons. The average Bonchev–Trinajstić information content (AvgIpc) is 3.02. The molecule has 0 spiro atoms. The third kappa shape index (κ3) is 3.88. The molecule has 0 aliphatic heterocycles. The van der Waals surface area contributed by atoms with Crippen LogP contribution in [0.15, 0.2) is 36.4 Å². The number of fused-ring (bicyclic) bond motifs is 1. The van der Waals surface area contributed by atoms with Crippen LogP contribution < -0.4 is 9.47 Å². The minimum Gasteiger partial charge on any atom is -0.493 e. The van der Waals surface area contributed by atoms with Gasteiger partial charge in [0.15, 0.2) is 11.5 Å². The summed E-state index contributed by atoms with van der Waals surface area (Å²) in [5.41, 5.74) is 2.85. The fraction of sp³-hybridized carbons (Fsp3) is 0.300. The van der Waals surface area contributed by atoms with Gasteiger partial charge in [0.05, 0.1) is 30.8 Å². The second kappa shape index (κ2) is 8.09. The van der Waals surface area contributed by atoms with E-state index < -0.39 is 5.97 Å². The first-order valence-corrected chi connectivity index (χ1v) is 8.49. The van der Waals surface area contributed by atoms with Gasteiger partial charge < -0.3 is 23.9 Å². The number of imidazole rings is 1. The number of ether oxygens (including phenoxy) is 3. The molecule has 0 bridgehead atoms. The lowest BCUT2D eigenvalue weighted by atomic mass is 10.1. The summed E-state index contributed by atoms with van der Waals surface area (Å²) < 4.78 is 18.0. The quantitative estimate of drug-likeness (QED) is 0.656. The fourth-order valence-corrected chi connectivity index (χ4v) is 3.08. The van der Waals surface area contributed by atoms with Crippen molar-refractivity contribution in [2.45, 2.75) is 19.6 Å². The van der Waals surface area contributed by atoms with E-state index in [1.807, 2.05) is 18.2 Å². The maximum absolute atomic E-state index is 11.2. The van der Waals surface area contributed by atoms with Crippen LogP contribution in [0.2, 0.25) is 0 Å². The molecule has 27 heavy (non-hydrogen) atoms. The SMILES string of the molecule is COCc1nc2cc(C(=O)O)ccc2n1CCc1ccc(OC)c(OC)c1. The van der Waals surface area contributed by atoms with Crippen molar-refractivity contribution in [3.05, 3.63) is 53.3 Å². The molecule has 0 atom stereocenters. The summed E-state index contributed by atoms with van der Waals surface area (Å²) in [5, 5.41) is 9.19. The number of carboxylic acids is 1. The van der Waals surface area contributed by atoms with Gasteiger partial charge in [-0.05, 0) is 42.3 Å². The van der Waals surface area contributed by atoms with E-state index in [2.05, 4.69) is 9.55 Å². The Hall–Kier alpha value is -3.06. The molecule has 1 heterocycles. The topological polar surface area (TPSA) is 82.8 Å². The zero-order valence-corrected chi connectivity index (χ0v) is 15.6. The normalized spacial score (nSPS) is 10.9. The van der Waals surface area contributed by atoms with Crippen LogP contribution >= 0.6 is 0 Å². The van der Waals surface area contributed by atoms with Crippen LogP contribution in [0.1, 0.15) is 21.7 Å². The number of aryl methyl sites for hydroxylation is 2. The lowest BCUT2D eigenvalue weighted by Crippen LogP contribution is -2.07. The summed E-state index contributed by atoms with van der Waals surface area (Å²) in [7, 11) is 4.83. The molecule has 0 unspecified atom stereocenters. The second-order valence-electron chi connectivity index (χ2n) is 6.06. The van der Waals surface area contributed by atoms with E-state index in [4.69, 9.17) is 14.2 Å². The molecule has 0 radical (unpaired) electrons. The summed E-state index contributed by atoms with van der Waals surface area (Å²) >= 11 is 0. The molecule has 3 rings (SSSR count). The highest BCUT2D eigenvalue weighted by atomic mass is 16.5. The number of aromatic carboxylic acids is 1. The fourth-order valence-electron chi connectivity index (χ4n) is 3.08. The predicted molar refractivity (Wildman–Crippen MR) is 101 cm³/mol. The van der Waals surface area contributed by atoms with Crippen LogP contribution in [0.4, 0.5) is 0 Å². The van der Waals surface area contributed by atoms with Gasteiger partial charge in [-0.3, -0.25) is 0 Å². The third-order valence-electron chi connectivity index (χ3n) is 4.42. The summed E-state index contributed by atoms with van der Waals surface area (Å²) in [6.45, 7) is 1.03. The number of methoxy groups -OCH3 is 3. The molecule has 0 saturated heterocycles. The summed E-state index contributed by atoms with van der Waals surface area (Å²) in [4.78, 5) is 15.8. The van der Waals surface area contributed by atoms with Gasteiger partial charge in [0.1, 0.15) is 12.4 Å². The van der Waals surface area contributed by atoms with Crippen molar-refractivity contribution in [2.24, 2.45) is 0 Å². The highest BCUT2D eigenvalue weighted by Gasteiger charge is 2.14. The Morgan fingerprint density at radius 1 is 1.07 bits per heavy atom. The van der Waals surface area contributed by atoms with Gasteiger partial charge in [0.2, 0.25) is 0 Å². The zero-order chi connectivity index (χ0) is 19.4.